The number of aliphatic carboxylic acids is 1. The highest BCUT2D eigenvalue weighted by molar-refractivity contribution is 9.10. The molecule has 2 rings (SSSR count). The lowest BCUT2D eigenvalue weighted by atomic mass is 10.2. The maximum Gasteiger partial charge on any atom is 0.266 e. The zero-order chi connectivity index (χ0) is 14.0. The molecule has 7 heteroatoms. The van der Waals surface area contributed by atoms with E-state index >= 15 is 0 Å². The quantitative estimate of drug-likeness (QED) is 0.605. The average Bonchev–Trinajstić information content (AvgIpc) is 2.57. The van der Waals surface area contributed by atoms with Gasteiger partial charge in [-0.15, -0.1) is 0 Å². The van der Waals surface area contributed by atoms with Crippen molar-refractivity contribution in [3.63, 3.8) is 0 Å². The molecule has 0 radical (unpaired) electrons. The molecule has 0 bridgehead atoms. The summed E-state index contributed by atoms with van der Waals surface area (Å²) in [6, 6.07) is 7.41. The molecule has 98 valence electrons. The highest BCUT2D eigenvalue weighted by Crippen LogP contribution is 2.32. The molecule has 1 aliphatic rings. The fourth-order valence-corrected chi connectivity index (χ4v) is 3.19. The second-order valence-electron chi connectivity index (χ2n) is 3.69. The topological polar surface area (TPSA) is 60.4 Å². The number of nitrogens with zero attached hydrogens (tertiary/aromatic N) is 1. The van der Waals surface area contributed by atoms with E-state index in [4.69, 9.17) is 12.2 Å². The Hall–Kier alpha value is -1.18. The Morgan fingerprint density at radius 2 is 2.26 bits per heavy atom. The molecule has 0 atom stereocenters. The summed E-state index contributed by atoms with van der Waals surface area (Å²) in [6.07, 6.45) is 1.68. The molecule has 1 amide bonds. The minimum absolute atomic E-state index is 0.232. The van der Waals surface area contributed by atoms with Gasteiger partial charge in [0.1, 0.15) is 4.32 Å². The number of benzene rings is 1. The summed E-state index contributed by atoms with van der Waals surface area (Å²) >= 11 is 9.41. The lowest BCUT2D eigenvalue weighted by molar-refractivity contribution is -0.305. The van der Waals surface area contributed by atoms with Crippen molar-refractivity contribution in [2.24, 2.45) is 0 Å². The summed E-state index contributed by atoms with van der Waals surface area (Å²) in [5, 5.41) is 10.6. The van der Waals surface area contributed by atoms with Gasteiger partial charge in [-0.3, -0.25) is 9.69 Å². The molecule has 1 aliphatic heterocycles. The van der Waals surface area contributed by atoms with E-state index in [1.807, 2.05) is 24.3 Å². The smallest absolute Gasteiger partial charge is 0.266 e. The van der Waals surface area contributed by atoms with Crippen molar-refractivity contribution in [2.45, 2.75) is 0 Å². The average molecular weight is 357 g/mol. The molecule has 4 nitrogen and oxygen atoms in total. The van der Waals surface area contributed by atoms with Crippen LogP contribution in [0, 0.1) is 0 Å². The predicted molar refractivity (Wildman–Crippen MR) is 79.0 cm³/mol. The van der Waals surface area contributed by atoms with Crippen molar-refractivity contribution in [1.29, 1.82) is 0 Å². The molecule has 19 heavy (non-hydrogen) atoms. The third kappa shape index (κ3) is 3.43. The number of amides is 1. The minimum atomic E-state index is -1.33. The first-order valence-electron chi connectivity index (χ1n) is 5.18. The van der Waals surface area contributed by atoms with Crippen molar-refractivity contribution in [1.82, 2.24) is 4.90 Å². The van der Waals surface area contributed by atoms with Crippen molar-refractivity contribution >= 4 is 62.2 Å². The van der Waals surface area contributed by atoms with Crippen LogP contribution in [0.2, 0.25) is 0 Å². The molecule has 0 saturated carbocycles. The summed E-state index contributed by atoms with van der Waals surface area (Å²) in [7, 11) is 0. The molecule has 1 saturated heterocycles. The Bertz CT molecular complexity index is 600. The van der Waals surface area contributed by atoms with Crippen LogP contribution in [0.1, 0.15) is 5.56 Å². The first-order valence-corrected chi connectivity index (χ1v) is 7.20. The van der Waals surface area contributed by atoms with Crippen LogP contribution in [-0.2, 0) is 9.59 Å². The van der Waals surface area contributed by atoms with E-state index in [2.05, 4.69) is 15.9 Å². The molecule has 1 aromatic carbocycles. The van der Waals surface area contributed by atoms with Gasteiger partial charge < -0.3 is 9.90 Å². The van der Waals surface area contributed by atoms with Gasteiger partial charge in [0.25, 0.3) is 5.91 Å². The maximum atomic E-state index is 12.0. The fourth-order valence-electron chi connectivity index (χ4n) is 1.51. The van der Waals surface area contributed by atoms with Crippen molar-refractivity contribution in [3.05, 3.63) is 39.2 Å². The zero-order valence-corrected chi connectivity index (χ0v) is 12.7. The van der Waals surface area contributed by atoms with Gasteiger partial charge in [0.15, 0.2) is 0 Å². The molecular weight excluding hydrogens is 350 g/mol. The summed E-state index contributed by atoms with van der Waals surface area (Å²) in [4.78, 5) is 24.0. The van der Waals surface area contributed by atoms with E-state index in [-0.39, 0.29) is 4.32 Å². The molecule has 1 fully saturated rings. The van der Waals surface area contributed by atoms with Gasteiger partial charge in [-0.25, -0.2) is 0 Å². The Balaban J connectivity index is 2.25. The monoisotopic (exact) mass is 356 g/mol. The van der Waals surface area contributed by atoms with E-state index in [1.165, 1.54) is 0 Å². The van der Waals surface area contributed by atoms with Crippen LogP contribution in [0.4, 0.5) is 0 Å². The SMILES string of the molecule is O=C([O-])CN1C(=O)/C(=C\c2cccc(Br)c2)SC1=S. The largest absolute Gasteiger partial charge is 0.548 e. The van der Waals surface area contributed by atoms with Gasteiger partial charge in [-0.1, -0.05) is 52.0 Å². The molecule has 0 spiro atoms. The number of carbonyl (C=O) groups excluding carboxylic acids is 2. The fraction of sp³-hybridized carbons (Fsp3) is 0.0833. The van der Waals surface area contributed by atoms with E-state index in [1.54, 1.807) is 6.08 Å². The van der Waals surface area contributed by atoms with Crippen LogP contribution in [0.5, 0.6) is 0 Å². The lowest BCUT2D eigenvalue weighted by Crippen LogP contribution is -2.40. The number of thiocarbonyl (C=S) groups is 1. The first-order chi connectivity index (χ1) is 8.97. The number of rotatable bonds is 3. The van der Waals surface area contributed by atoms with E-state index in [9.17, 15) is 14.7 Å². The third-order valence-corrected chi connectivity index (χ3v) is 4.18. The van der Waals surface area contributed by atoms with Crippen LogP contribution < -0.4 is 5.11 Å². The summed E-state index contributed by atoms with van der Waals surface area (Å²) in [5.74, 6) is -1.74. The van der Waals surface area contributed by atoms with Crippen LogP contribution >= 0.6 is 39.9 Å². The normalized spacial score (nSPS) is 17.3. The Morgan fingerprint density at radius 3 is 2.89 bits per heavy atom. The molecule has 0 unspecified atom stereocenters. The predicted octanol–water partition coefficient (Wildman–Crippen LogP) is 1.40. The zero-order valence-electron chi connectivity index (χ0n) is 9.46. The minimum Gasteiger partial charge on any atom is -0.548 e. The first kappa shape index (κ1) is 14.2. The third-order valence-electron chi connectivity index (χ3n) is 2.31. The lowest BCUT2D eigenvalue weighted by Gasteiger charge is -2.14. The molecule has 0 aliphatic carbocycles. The number of carboxylic acid groups (broad SMARTS) is 1. The Kier molecular flexibility index (Phi) is 4.38. The standard InChI is InChI=1S/C12H8BrNO3S2/c13-8-3-1-2-7(4-8)5-9-11(17)14(6-10(15)16)12(18)19-9/h1-5H,6H2,(H,15,16)/p-1/b9-5+. The number of carbonyl (C=O) groups is 2. The summed E-state index contributed by atoms with van der Waals surface area (Å²) in [5.41, 5.74) is 0.836. The van der Waals surface area contributed by atoms with Gasteiger partial charge in [0.05, 0.1) is 17.4 Å². The molecule has 1 aromatic rings. The summed E-state index contributed by atoms with van der Waals surface area (Å²) < 4.78 is 1.13. The van der Waals surface area contributed by atoms with Gasteiger partial charge in [-0.2, -0.15) is 0 Å². The van der Waals surface area contributed by atoms with Crippen LogP contribution in [0.3, 0.4) is 0 Å². The van der Waals surface area contributed by atoms with E-state index in [0.29, 0.717) is 4.91 Å². The second-order valence-corrected chi connectivity index (χ2v) is 6.29. The summed E-state index contributed by atoms with van der Waals surface area (Å²) in [6.45, 7) is -0.513. The van der Waals surface area contributed by atoms with Crippen LogP contribution in [0.15, 0.2) is 33.6 Å². The molecule has 1 heterocycles. The maximum absolute atomic E-state index is 12.0. The number of hydrogen-bond acceptors (Lipinski definition) is 5. The van der Waals surface area contributed by atoms with Gasteiger partial charge in [-0.05, 0) is 23.8 Å². The Morgan fingerprint density at radius 1 is 1.53 bits per heavy atom. The van der Waals surface area contributed by atoms with Crippen LogP contribution in [-0.4, -0.2) is 27.6 Å². The van der Waals surface area contributed by atoms with Gasteiger partial charge >= 0.3 is 0 Å². The van der Waals surface area contributed by atoms with E-state index < -0.39 is 18.4 Å². The van der Waals surface area contributed by atoms with E-state index in [0.717, 1.165) is 26.7 Å². The number of carboxylic acids is 1. The van der Waals surface area contributed by atoms with Crippen molar-refractivity contribution in [2.75, 3.05) is 6.54 Å². The highest BCUT2D eigenvalue weighted by atomic mass is 79.9. The molecule has 0 aromatic heterocycles. The highest BCUT2D eigenvalue weighted by Gasteiger charge is 2.31. The number of thioether (sulfide) groups is 1. The Labute approximate surface area is 127 Å². The number of halogens is 1. The molecule has 0 N–H and O–H groups in total. The second kappa shape index (κ2) is 5.85. The number of hydrogen-bond donors (Lipinski definition) is 0. The molecular formula is C12H7BrNO3S2-. The van der Waals surface area contributed by atoms with Gasteiger partial charge in [0, 0.05) is 4.47 Å². The van der Waals surface area contributed by atoms with Crippen molar-refractivity contribution < 1.29 is 14.7 Å². The van der Waals surface area contributed by atoms with Crippen molar-refractivity contribution in [3.8, 4) is 0 Å². The van der Waals surface area contributed by atoms with Gasteiger partial charge in [0.2, 0.25) is 0 Å². The van der Waals surface area contributed by atoms with Crippen LogP contribution in [0.25, 0.3) is 6.08 Å².